The Kier molecular flexibility index (Phi) is 4.91. The monoisotopic (exact) mass is 368 g/mol. The molecule has 0 aliphatic rings. The number of carbonyl (C=O) groups is 1. The van der Waals surface area contributed by atoms with Gasteiger partial charge in [-0.3, -0.25) is 4.79 Å². The van der Waals surface area contributed by atoms with Crippen molar-refractivity contribution in [1.29, 1.82) is 0 Å². The first-order chi connectivity index (χ1) is 9.24. The van der Waals surface area contributed by atoms with Crippen molar-refractivity contribution in [2.45, 2.75) is 6.54 Å². The van der Waals surface area contributed by atoms with Gasteiger partial charge in [0.2, 0.25) is 23.4 Å². The maximum Gasteiger partial charge on any atom is 0.227 e. The number of ketones is 1. The minimum absolute atomic E-state index is 0. The molecular formula is C15H12BrClNOS+. The van der Waals surface area contributed by atoms with Crippen LogP contribution in [0.25, 0.3) is 10.2 Å². The van der Waals surface area contributed by atoms with E-state index < -0.39 is 0 Å². The number of hydrogen-bond donors (Lipinski definition) is 0. The van der Waals surface area contributed by atoms with Crippen molar-refractivity contribution in [1.82, 2.24) is 0 Å². The fourth-order valence-corrected chi connectivity index (χ4v) is 2.99. The molecule has 0 saturated carbocycles. The first kappa shape index (κ1) is 15.2. The Morgan fingerprint density at radius 3 is 2.55 bits per heavy atom. The molecule has 2 aromatic carbocycles. The van der Waals surface area contributed by atoms with Gasteiger partial charge in [-0.2, -0.15) is 4.57 Å². The first-order valence-electron chi connectivity index (χ1n) is 5.88. The predicted molar refractivity (Wildman–Crippen MR) is 88.1 cm³/mol. The number of thiazole rings is 1. The molecule has 102 valence electrons. The average molecular weight is 370 g/mol. The van der Waals surface area contributed by atoms with E-state index in [0.717, 1.165) is 5.52 Å². The number of benzene rings is 2. The third kappa shape index (κ3) is 3.08. The molecule has 0 saturated heterocycles. The molecule has 20 heavy (non-hydrogen) atoms. The van der Waals surface area contributed by atoms with Gasteiger partial charge in [-0.05, 0) is 30.3 Å². The number of aromatic nitrogens is 1. The van der Waals surface area contributed by atoms with Gasteiger partial charge in [0.15, 0.2) is 0 Å². The van der Waals surface area contributed by atoms with Crippen LogP contribution in [0.15, 0.2) is 54.0 Å². The summed E-state index contributed by atoms with van der Waals surface area (Å²) in [6, 6.07) is 15.1. The van der Waals surface area contributed by atoms with Gasteiger partial charge in [-0.1, -0.05) is 35.1 Å². The van der Waals surface area contributed by atoms with Gasteiger partial charge >= 0.3 is 0 Å². The highest BCUT2D eigenvalue weighted by Gasteiger charge is 2.16. The van der Waals surface area contributed by atoms with Gasteiger partial charge in [0.1, 0.15) is 4.70 Å². The van der Waals surface area contributed by atoms with Crippen LogP contribution in [0, 0.1) is 0 Å². The van der Waals surface area contributed by atoms with E-state index >= 15 is 0 Å². The summed E-state index contributed by atoms with van der Waals surface area (Å²) in [6.07, 6.45) is 0. The molecule has 2 nitrogen and oxygen atoms in total. The summed E-state index contributed by atoms with van der Waals surface area (Å²) < 4.78 is 3.17. The number of hydrogen-bond acceptors (Lipinski definition) is 2. The zero-order chi connectivity index (χ0) is 13.2. The fraction of sp³-hybridized carbons (Fsp3) is 0.0667. The molecule has 0 fully saturated rings. The largest absolute Gasteiger partial charge is 0.287 e. The molecule has 0 amide bonds. The lowest BCUT2D eigenvalue weighted by Gasteiger charge is -1.97. The highest BCUT2D eigenvalue weighted by Crippen LogP contribution is 2.15. The molecule has 0 N–H and O–H groups in total. The summed E-state index contributed by atoms with van der Waals surface area (Å²) >= 11 is 7.47. The van der Waals surface area contributed by atoms with Crippen LogP contribution in [0.2, 0.25) is 5.02 Å². The van der Waals surface area contributed by atoms with Crippen molar-refractivity contribution in [3.63, 3.8) is 0 Å². The molecule has 0 radical (unpaired) electrons. The second-order valence-corrected chi connectivity index (χ2v) is 5.57. The van der Waals surface area contributed by atoms with Crippen LogP contribution in [0.5, 0.6) is 0 Å². The Morgan fingerprint density at radius 1 is 1.10 bits per heavy atom. The number of rotatable bonds is 3. The molecule has 0 unspecified atom stereocenters. The van der Waals surface area contributed by atoms with Gasteiger partial charge in [0.25, 0.3) is 0 Å². The van der Waals surface area contributed by atoms with Crippen molar-refractivity contribution in [2.24, 2.45) is 0 Å². The minimum atomic E-state index is 0. The Balaban J connectivity index is 0.00000147. The minimum Gasteiger partial charge on any atom is -0.287 e. The fourth-order valence-electron chi connectivity index (χ4n) is 1.98. The quantitative estimate of drug-likeness (QED) is 0.498. The van der Waals surface area contributed by atoms with E-state index in [9.17, 15) is 4.79 Å². The number of fused-ring (bicyclic) bond motifs is 1. The van der Waals surface area contributed by atoms with Gasteiger partial charge < -0.3 is 0 Å². The zero-order valence-electron chi connectivity index (χ0n) is 10.5. The number of Topliss-reactive ketones (excluding diaryl/α,β-unsaturated/α-hetero) is 1. The molecule has 5 heteroatoms. The Hall–Kier alpha value is -1.23. The van der Waals surface area contributed by atoms with Gasteiger partial charge in [-0.15, -0.1) is 17.0 Å². The average Bonchev–Trinajstić information content (AvgIpc) is 2.83. The topological polar surface area (TPSA) is 20.9 Å². The van der Waals surface area contributed by atoms with Crippen LogP contribution in [0.1, 0.15) is 10.4 Å². The van der Waals surface area contributed by atoms with Crippen molar-refractivity contribution >= 4 is 55.9 Å². The van der Waals surface area contributed by atoms with E-state index in [1.54, 1.807) is 35.6 Å². The van der Waals surface area contributed by atoms with E-state index in [-0.39, 0.29) is 22.8 Å². The van der Waals surface area contributed by atoms with E-state index in [4.69, 9.17) is 11.6 Å². The molecule has 0 spiro atoms. The van der Waals surface area contributed by atoms with Crippen LogP contribution < -0.4 is 4.57 Å². The van der Waals surface area contributed by atoms with Crippen LogP contribution in [-0.2, 0) is 6.54 Å². The molecule has 0 atom stereocenters. The number of para-hydroxylation sites is 1. The van der Waals surface area contributed by atoms with Crippen molar-refractivity contribution in [2.75, 3.05) is 0 Å². The molecule has 1 heterocycles. The van der Waals surface area contributed by atoms with E-state index in [0.29, 0.717) is 17.1 Å². The number of carbonyl (C=O) groups excluding carboxylic acids is 1. The van der Waals surface area contributed by atoms with Crippen molar-refractivity contribution in [3.05, 3.63) is 64.6 Å². The lowest BCUT2D eigenvalue weighted by molar-refractivity contribution is -0.652. The molecule has 0 aliphatic heterocycles. The molecule has 3 aromatic rings. The summed E-state index contributed by atoms with van der Waals surface area (Å²) in [7, 11) is 0. The summed E-state index contributed by atoms with van der Waals surface area (Å²) in [5, 5.41) is 0.644. The van der Waals surface area contributed by atoms with Gasteiger partial charge in [-0.25, -0.2) is 0 Å². The summed E-state index contributed by atoms with van der Waals surface area (Å²) in [4.78, 5) is 12.2. The summed E-state index contributed by atoms with van der Waals surface area (Å²) in [5.41, 5.74) is 3.76. The lowest BCUT2D eigenvalue weighted by Crippen LogP contribution is -2.36. The normalized spacial score (nSPS) is 10.2. The number of nitrogens with zero attached hydrogens (tertiary/aromatic N) is 1. The highest BCUT2D eigenvalue weighted by atomic mass is 79.9. The summed E-state index contributed by atoms with van der Waals surface area (Å²) in [5.74, 6) is 0.0882. The highest BCUT2D eigenvalue weighted by molar-refractivity contribution is 8.93. The van der Waals surface area contributed by atoms with E-state index in [2.05, 4.69) is 6.07 Å². The Labute approximate surface area is 136 Å². The predicted octanol–water partition coefficient (Wildman–Crippen LogP) is 4.30. The van der Waals surface area contributed by atoms with Crippen LogP contribution in [0.4, 0.5) is 0 Å². The Bertz CT molecular complexity index is 739. The molecule has 0 aliphatic carbocycles. The number of halogens is 2. The van der Waals surface area contributed by atoms with Gasteiger partial charge in [0, 0.05) is 16.7 Å². The summed E-state index contributed by atoms with van der Waals surface area (Å²) in [6.45, 7) is 0.353. The third-order valence-corrected chi connectivity index (χ3v) is 4.17. The van der Waals surface area contributed by atoms with Crippen molar-refractivity contribution in [3.8, 4) is 0 Å². The van der Waals surface area contributed by atoms with E-state index in [1.165, 1.54) is 4.70 Å². The molecule has 3 rings (SSSR count). The maximum atomic E-state index is 12.2. The van der Waals surface area contributed by atoms with Gasteiger partial charge in [0.05, 0.1) is 0 Å². The van der Waals surface area contributed by atoms with Crippen molar-refractivity contribution < 1.29 is 9.36 Å². The third-order valence-electron chi connectivity index (χ3n) is 2.96. The van der Waals surface area contributed by atoms with Crippen LogP contribution in [0.3, 0.4) is 0 Å². The maximum absolute atomic E-state index is 12.2. The smallest absolute Gasteiger partial charge is 0.227 e. The lowest BCUT2D eigenvalue weighted by atomic mass is 10.1. The second-order valence-electron chi connectivity index (χ2n) is 4.25. The standard InChI is InChI=1S/C15H11ClNOS.BrH/c16-12-7-5-11(6-8-12)14(18)9-17-10-19-15-4-2-1-3-13(15)17;/h1-8,10H,9H2;1H/q+1;. The first-order valence-corrected chi connectivity index (χ1v) is 7.14. The second kappa shape index (κ2) is 6.48. The SMILES string of the molecule is Br.O=C(C[n+]1csc2ccccc21)c1ccc(Cl)cc1. The zero-order valence-corrected chi connectivity index (χ0v) is 13.7. The Morgan fingerprint density at radius 2 is 1.80 bits per heavy atom. The van der Waals surface area contributed by atoms with Crippen LogP contribution >= 0.6 is 39.9 Å². The van der Waals surface area contributed by atoms with E-state index in [1.807, 2.05) is 28.3 Å². The van der Waals surface area contributed by atoms with Crippen LogP contribution in [-0.4, -0.2) is 5.78 Å². The molecule has 1 aromatic heterocycles. The molecular weight excluding hydrogens is 358 g/mol. The molecule has 0 bridgehead atoms.